The fourth-order valence-electron chi connectivity index (χ4n) is 2.88. The molecule has 0 unspecified atom stereocenters. The molecule has 6 nitrogen and oxygen atoms in total. The largest absolute Gasteiger partial charge is 0.375 e. The van der Waals surface area contributed by atoms with Gasteiger partial charge in [0.1, 0.15) is 10.8 Å². The number of sulfonamides is 1. The van der Waals surface area contributed by atoms with Crippen molar-refractivity contribution in [3.8, 4) is 0 Å². The van der Waals surface area contributed by atoms with Crippen molar-refractivity contribution in [2.75, 3.05) is 29.9 Å². The van der Waals surface area contributed by atoms with Crippen LogP contribution in [0.1, 0.15) is 16.9 Å². The van der Waals surface area contributed by atoms with Gasteiger partial charge in [-0.2, -0.15) is 0 Å². The number of thiophene rings is 1. The molecule has 3 rings (SSSR count). The van der Waals surface area contributed by atoms with Crippen molar-refractivity contribution in [2.45, 2.75) is 24.0 Å². The highest BCUT2D eigenvalue weighted by molar-refractivity contribution is 7.94. The number of rotatable bonds is 5. The number of nitrogens with one attached hydrogen (secondary N) is 1. The highest BCUT2D eigenvalue weighted by Gasteiger charge is 2.23. The molecule has 0 fully saturated rings. The molecule has 1 aromatic carbocycles. The summed E-state index contributed by atoms with van der Waals surface area (Å²) in [5.41, 5.74) is 2.28. The van der Waals surface area contributed by atoms with E-state index in [-0.39, 0.29) is 12.5 Å². The van der Waals surface area contributed by atoms with Gasteiger partial charge >= 0.3 is 0 Å². The Balaban J connectivity index is 1.85. The lowest BCUT2D eigenvalue weighted by molar-refractivity contribution is -0.122. The lowest BCUT2D eigenvalue weighted by atomic mass is 10.0. The molecule has 2 aromatic rings. The number of ether oxygens (including phenoxy) is 1. The van der Waals surface area contributed by atoms with Gasteiger partial charge < -0.3 is 9.64 Å². The fourth-order valence-corrected chi connectivity index (χ4v) is 5.22. The summed E-state index contributed by atoms with van der Waals surface area (Å²) >= 11 is 1.24. The van der Waals surface area contributed by atoms with E-state index in [4.69, 9.17) is 4.74 Å². The van der Waals surface area contributed by atoms with Gasteiger partial charge in [-0.1, -0.05) is 0 Å². The van der Waals surface area contributed by atoms with E-state index in [1.54, 1.807) is 35.2 Å². The molecule has 0 aliphatic carbocycles. The van der Waals surface area contributed by atoms with E-state index in [0.29, 0.717) is 16.4 Å². The van der Waals surface area contributed by atoms with E-state index in [9.17, 15) is 13.2 Å². The summed E-state index contributed by atoms with van der Waals surface area (Å²) in [6.07, 6.45) is 1.64. The maximum Gasteiger partial charge on any atom is 0.271 e. The van der Waals surface area contributed by atoms with Crippen molar-refractivity contribution in [1.82, 2.24) is 0 Å². The molecule has 1 amide bonds. The second-order valence-corrected chi connectivity index (χ2v) is 9.09. The minimum Gasteiger partial charge on any atom is -0.375 e. The molecule has 25 heavy (non-hydrogen) atoms. The average molecular weight is 380 g/mol. The summed E-state index contributed by atoms with van der Waals surface area (Å²) in [7, 11) is -2.10. The Hall–Kier alpha value is -1.90. The number of fused-ring (bicyclic) bond motifs is 1. The van der Waals surface area contributed by atoms with Crippen molar-refractivity contribution in [2.24, 2.45) is 0 Å². The Labute approximate surface area is 151 Å². The molecule has 1 aromatic heterocycles. The van der Waals surface area contributed by atoms with E-state index in [2.05, 4.69) is 4.72 Å². The van der Waals surface area contributed by atoms with Gasteiger partial charge in [0.2, 0.25) is 0 Å². The molecule has 0 radical (unpaired) electrons. The molecule has 8 heteroatoms. The molecule has 1 aliphatic heterocycles. The van der Waals surface area contributed by atoms with Crippen LogP contribution in [0, 0.1) is 6.92 Å². The molecular formula is C17H20N2O4S2. The van der Waals surface area contributed by atoms with E-state index < -0.39 is 10.0 Å². The van der Waals surface area contributed by atoms with Crippen LogP contribution in [0.3, 0.4) is 0 Å². The zero-order valence-electron chi connectivity index (χ0n) is 14.1. The minimum absolute atomic E-state index is 0.0333. The van der Waals surface area contributed by atoms with E-state index >= 15 is 0 Å². The van der Waals surface area contributed by atoms with Gasteiger partial charge in [0.25, 0.3) is 15.9 Å². The first-order chi connectivity index (χ1) is 11.9. The second-order valence-electron chi connectivity index (χ2n) is 5.90. The third-order valence-electron chi connectivity index (χ3n) is 4.00. The van der Waals surface area contributed by atoms with Crippen LogP contribution in [0.2, 0.25) is 0 Å². The molecule has 1 aliphatic rings. The molecule has 0 bridgehead atoms. The van der Waals surface area contributed by atoms with E-state index in [0.717, 1.165) is 29.0 Å². The maximum atomic E-state index is 12.5. The van der Waals surface area contributed by atoms with Crippen LogP contribution < -0.4 is 9.62 Å². The number of anilines is 2. The van der Waals surface area contributed by atoms with Crippen molar-refractivity contribution in [3.63, 3.8) is 0 Å². The first-order valence-corrected chi connectivity index (χ1v) is 10.2. The summed E-state index contributed by atoms with van der Waals surface area (Å²) in [4.78, 5) is 14.8. The molecule has 2 heterocycles. The van der Waals surface area contributed by atoms with Gasteiger partial charge in [0, 0.05) is 29.9 Å². The van der Waals surface area contributed by atoms with Crippen molar-refractivity contribution < 1.29 is 17.9 Å². The van der Waals surface area contributed by atoms with Gasteiger partial charge in [0.15, 0.2) is 0 Å². The molecule has 1 N–H and O–H groups in total. The Morgan fingerprint density at radius 1 is 1.32 bits per heavy atom. The third kappa shape index (κ3) is 3.86. The molecular weight excluding hydrogens is 360 g/mol. The second kappa shape index (κ2) is 7.15. The van der Waals surface area contributed by atoms with Gasteiger partial charge in [-0.15, -0.1) is 11.3 Å². The number of hydrogen-bond donors (Lipinski definition) is 1. The number of amides is 1. The van der Waals surface area contributed by atoms with Crippen molar-refractivity contribution in [1.29, 1.82) is 0 Å². The smallest absolute Gasteiger partial charge is 0.271 e. The predicted molar refractivity (Wildman–Crippen MR) is 98.9 cm³/mol. The summed E-state index contributed by atoms with van der Waals surface area (Å²) in [6, 6.07) is 8.67. The van der Waals surface area contributed by atoms with Crippen LogP contribution in [0.25, 0.3) is 0 Å². The number of methoxy groups -OCH3 is 1. The van der Waals surface area contributed by atoms with Crippen LogP contribution in [0.5, 0.6) is 0 Å². The highest BCUT2D eigenvalue weighted by atomic mass is 32.2. The van der Waals surface area contributed by atoms with Gasteiger partial charge in [-0.05, 0) is 55.7 Å². The van der Waals surface area contributed by atoms with Crippen LogP contribution in [-0.2, 0) is 26.0 Å². The first kappa shape index (κ1) is 17.9. The molecule has 0 atom stereocenters. The highest BCUT2D eigenvalue weighted by Crippen LogP contribution is 2.31. The van der Waals surface area contributed by atoms with Crippen LogP contribution in [0.15, 0.2) is 34.5 Å². The summed E-state index contributed by atoms with van der Waals surface area (Å²) < 4.78 is 32.8. The Kier molecular flexibility index (Phi) is 5.12. The standard InChI is InChI=1S/C17H20N2O4S2/c1-12-5-8-17(24-12)25(21,22)18-14-6-7-15-13(10-14)4-3-9-19(15)16(20)11-23-2/h5-8,10,18H,3-4,9,11H2,1-2H3. The summed E-state index contributed by atoms with van der Waals surface area (Å²) in [5, 5.41) is 0. The number of carbonyl (C=O) groups excluding carboxylic acids is 1. The minimum atomic E-state index is -3.59. The number of hydrogen-bond acceptors (Lipinski definition) is 5. The Morgan fingerprint density at radius 3 is 2.80 bits per heavy atom. The normalized spacial score (nSPS) is 14.2. The van der Waals surface area contributed by atoms with Gasteiger partial charge in [-0.25, -0.2) is 8.42 Å². The topological polar surface area (TPSA) is 75.7 Å². The fraction of sp³-hybridized carbons (Fsp3) is 0.353. The Morgan fingerprint density at radius 2 is 2.12 bits per heavy atom. The van der Waals surface area contributed by atoms with Gasteiger partial charge in [0.05, 0.1) is 0 Å². The number of benzene rings is 1. The number of nitrogens with zero attached hydrogens (tertiary/aromatic N) is 1. The quantitative estimate of drug-likeness (QED) is 0.865. The average Bonchev–Trinajstić information content (AvgIpc) is 3.01. The zero-order valence-corrected chi connectivity index (χ0v) is 15.7. The predicted octanol–water partition coefficient (Wildman–Crippen LogP) is 2.78. The lowest BCUT2D eigenvalue weighted by Gasteiger charge is -2.29. The molecule has 0 saturated carbocycles. The zero-order chi connectivity index (χ0) is 18.0. The number of carbonyl (C=O) groups is 1. The van der Waals surface area contributed by atoms with Crippen molar-refractivity contribution >= 4 is 38.6 Å². The first-order valence-electron chi connectivity index (χ1n) is 7.92. The van der Waals surface area contributed by atoms with E-state index in [1.807, 2.05) is 6.92 Å². The summed E-state index contributed by atoms with van der Waals surface area (Å²) in [6.45, 7) is 2.55. The third-order valence-corrected chi connectivity index (χ3v) is 6.87. The summed E-state index contributed by atoms with van der Waals surface area (Å²) in [5.74, 6) is -0.0918. The van der Waals surface area contributed by atoms with Gasteiger partial charge in [-0.3, -0.25) is 9.52 Å². The molecule has 0 spiro atoms. The molecule has 134 valence electrons. The maximum absolute atomic E-state index is 12.5. The number of aryl methyl sites for hydroxylation is 2. The molecule has 0 saturated heterocycles. The van der Waals surface area contributed by atoms with E-state index in [1.165, 1.54) is 18.4 Å². The Bertz CT molecular complexity index is 890. The van der Waals surface area contributed by atoms with Crippen LogP contribution in [0.4, 0.5) is 11.4 Å². The van der Waals surface area contributed by atoms with Crippen molar-refractivity contribution in [3.05, 3.63) is 40.8 Å². The monoisotopic (exact) mass is 380 g/mol. The lowest BCUT2D eigenvalue weighted by Crippen LogP contribution is -2.37. The SMILES string of the molecule is COCC(=O)N1CCCc2cc(NS(=O)(=O)c3ccc(C)s3)ccc21. The van der Waals surface area contributed by atoms with Crippen LogP contribution in [-0.4, -0.2) is 34.6 Å². The van der Waals surface area contributed by atoms with Crippen LogP contribution >= 0.6 is 11.3 Å².